The van der Waals surface area contributed by atoms with Crippen LogP contribution in [-0.2, 0) is 0 Å². The van der Waals surface area contributed by atoms with Crippen LogP contribution in [0.3, 0.4) is 0 Å². The molecule has 0 fully saturated rings. The molecule has 0 aliphatic heterocycles. The van der Waals surface area contributed by atoms with E-state index in [9.17, 15) is 9.90 Å². The second kappa shape index (κ2) is 6.11. The molecule has 0 heterocycles. The highest BCUT2D eigenvalue weighted by Crippen LogP contribution is 2.26. The fourth-order valence-electron chi connectivity index (χ4n) is 1.43. The topological polar surface area (TPSA) is 49.3 Å². The number of phenols is 1. The number of carbonyl (C=O) groups excluding carboxylic acids is 1. The highest BCUT2D eigenvalue weighted by atomic mass is 127. The molecule has 19 heavy (non-hydrogen) atoms. The molecule has 0 bridgehead atoms. The summed E-state index contributed by atoms with van der Waals surface area (Å²) in [6.45, 7) is 0. The van der Waals surface area contributed by atoms with Gasteiger partial charge >= 0.3 is 0 Å². The van der Waals surface area contributed by atoms with E-state index in [1.54, 1.807) is 30.3 Å². The molecule has 2 rings (SSSR count). The number of benzene rings is 2. The Morgan fingerprint density at radius 3 is 2.63 bits per heavy atom. The molecule has 0 atom stereocenters. The van der Waals surface area contributed by atoms with Gasteiger partial charge in [-0.3, -0.25) is 4.79 Å². The summed E-state index contributed by atoms with van der Waals surface area (Å²) < 4.78 is 1.46. The summed E-state index contributed by atoms with van der Waals surface area (Å²) >= 11 is 11.2. The van der Waals surface area contributed by atoms with Crippen molar-refractivity contribution >= 4 is 61.7 Å². The Morgan fingerprint density at radius 2 is 2.00 bits per heavy atom. The predicted octanol–water partition coefficient (Wildman–Crippen LogP) is 4.67. The lowest BCUT2D eigenvalue weighted by atomic mass is 10.2. The summed E-state index contributed by atoms with van der Waals surface area (Å²) in [5, 5.41) is 12.8. The normalized spacial score (nSPS) is 10.3. The average molecular weight is 452 g/mol. The minimum absolute atomic E-state index is 0.0853. The van der Waals surface area contributed by atoms with Gasteiger partial charge in [-0.05, 0) is 74.9 Å². The van der Waals surface area contributed by atoms with Gasteiger partial charge in [-0.15, -0.1) is 0 Å². The third-order valence-corrected chi connectivity index (χ3v) is 4.53. The molecule has 2 aromatic carbocycles. The Morgan fingerprint density at radius 1 is 1.26 bits per heavy atom. The zero-order valence-electron chi connectivity index (χ0n) is 9.45. The molecule has 0 spiro atoms. The first kappa shape index (κ1) is 14.6. The Kier molecular flexibility index (Phi) is 4.70. The van der Waals surface area contributed by atoms with Crippen LogP contribution in [0.2, 0.25) is 5.02 Å². The van der Waals surface area contributed by atoms with E-state index in [1.165, 1.54) is 6.07 Å². The number of nitrogens with one attached hydrogen (secondary N) is 1. The smallest absolute Gasteiger partial charge is 0.255 e. The summed E-state index contributed by atoms with van der Waals surface area (Å²) in [6, 6.07) is 9.90. The molecule has 2 aromatic rings. The third kappa shape index (κ3) is 3.61. The monoisotopic (exact) mass is 451 g/mol. The number of hydrogen-bond donors (Lipinski definition) is 2. The number of hydrogen-bond acceptors (Lipinski definition) is 2. The molecule has 1 amide bonds. The number of rotatable bonds is 2. The van der Waals surface area contributed by atoms with Crippen molar-refractivity contribution < 1.29 is 9.90 Å². The maximum Gasteiger partial charge on any atom is 0.255 e. The first-order valence-corrected chi connectivity index (χ1v) is 7.47. The van der Waals surface area contributed by atoms with Crippen LogP contribution in [0, 0.1) is 3.57 Å². The van der Waals surface area contributed by atoms with Crippen LogP contribution in [0.4, 0.5) is 5.69 Å². The molecule has 6 heteroatoms. The molecular formula is C13H8BrClINO2. The van der Waals surface area contributed by atoms with E-state index in [0.29, 0.717) is 19.8 Å². The summed E-state index contributed by atoms with van der Waals surface area (Å²) in [4.78, 5) is 12.0. The molecule has 0 unspecified atom stereocenters. The lowest BCUT2D eigenvalue weighted by Crippen LogP contribution is -2.11. The highest BCUT2D eigenvalue weighted by molar-refractivity contribution is 14.1. The Balaban J connectivity index is 2.20. The van der Waals surface area contributed by atoms with Gasteiger partial charge in [0.15, 0.2) is 0 Å². The van der Waals surface area contributed by atoms with E-state index >= 15 is 0 Å². The van der Waals surface area contributed by atoms with Crippen molar-refractivity contribution in [3.63, 3.8) is 0 Å². The summed E-state index contributed by atoms with van der Waals surface area (Å²) in [5.74, 6) is -0.216. The van der Waals surface area contributed by atoms with Crippen molar-refractivity contribution in [3.05, 3.63) is 55.0 Å². The standard InChI is InChI=1S/C13H8BrClINO2/c14-9-3-2-8(6-10(9)15)17-13(19)7-1-4-11(16)12(18)5-7/h1-6,18H,(H,17,19). The van der Waals surface area contributed by atoms with Gasteiger partial charge in [0.25, 0.3) is 5.91 Å². The first-order chi connectivity index (χ1) is 8.97. The molecule has 0 radical (unpaired) electrons. The zero-order valence-corrected chi connectivity index (χ0v) is 14.0. The van der Waals surface area contributed by atoms with Crippen molar-refractivity contribution in [2.24, 2.45) is 0 Å². The fraction of sp³-hybridized carbons (Fsp3) is 0. The lowest BCUT2D eigenvalue weighted by molar-refractivity contribution is 0.102. The summed E-state index contributed by atoms with van der Waals surface area (Å²) in [7, 11) is 0. The highest BCUT2D eigenvalue weighted by Gasteiger charge is 2.09. The Bertz CT molecular complexity index is 649. The average Bonchev–Trinajstić information content (AvgIpc) is 2.37. The van der Waals surface area contributed by atoms with E-state index in [-0.39, 0.29) is 11.7 Å². The molecule has 0 saturated heterocycles. The molecule has 2 N–H and O–H groups in total. The number of halogens is 3. The number of aromatic hydroxyl groups is 1. The van der Waals surface area contributed by atoms with Crippen molar-refractivity contribution in [3.8, 4) is 5.75 Å². The molecule has 0 saturated carbocycles. The van der Waals surface area contributed by atoms with Gasteiger partial charge < -0.3 is 10.4 Å². The van der Waals surface area contributed by atoms with Gasteiger partial charge in [0, 0.05) is 15.7 Å². The number of carbonyl (C=O) groups is 1. The van der Waals surface area contributed by atoms with E-state index in [0.717, 1.165) is 4.47 Å². The van der Waals surface area contributed by atoms with Crippen LogP contribution in [0.15, 0.2) is 40.9 Å². The van der Waals surface area contributed by atoms with Gasteiger partial charge in [-0.1, -0.05) is 11.6 Å². The van der Waals surface area contributed by atoms with Crippen LogP contribution in [0.25, 0.3) is 0 Å². The van der Waals surface area contributed by atoms with Crippen LogP contribution < -0.4 is 5.32 Å². The van der Waals surface area contributed by atoms with Crippen molar-refractivity contribution in [1.82, 2.24) is 0 Å². The predicted molar refractivity (Wildman–Crippen MR) is 87.9 cm³/mol. The SMILES string of the molecule is O=C(Nc1ccc(Br)c(Cl)c1)c1ccc(I)c(O)c1. The lowest BCUT2D eigenvalue weighted by Gasteiger charge is -2.07. The molecule has 0 aliphatic rings. The minimum atomic E-state index is -0.301. The van der Waals surface area contributed by atoms with Crippen molar-refractivity contribution in [2.45, 2.75) is 0 Å². The molecule has 0 aliphatic carbocycles. The van der Waals surface area contributed by atoms with Gasteiger partial charge in [0.2, 0.25) is 0 Å². The van der Waals surface area contributed by atoms with Gasteiger partial charge in [0.1, 0.15) is 5.75 Å². The van der Waals surface area contributed by atoms with Gasteiger partial charge in [-0.25, -0.2) is 0 Å². The Hall–Kier alpha value is -0.790. The molecule has 3 nitrogen and oxygen atoms in total. The number of amides is 1. The van der Waals surface area contributed by atoms with E-state index in [4.69, 9.17) is 11.6 Å². The van der Waals surface area contributed by atoms with E-state index in [2.05, 4.69) is 21.2 Å². The summed E-state index contributed by atoms with van der Waals surface area (Å²) in [6.07, 6.45) is 0. The Labute approximate surface area is 137 Å². The second-order valence-electron chi connectivity index (χ2n) is 3.75. The molecule has 98 valence electrons. The van der Waals surface area contributed by atoms with Crippen molar-refractivity contribution in [2.75, 3.05) is 5.32 Å². The maximum absolute atomic E-state index is 12.0. The van der Waals surface area contributed by atoms with Gasteiger partial charge in [0.05, 0.1) is 8.59 Å². The van der Waals surface area contributed by atoms with E-state index in [1.807, 2.05) is 22.6 Å². The largest absolute Gasteiger partial charge is 0.507 e. The van der Waals surface area contributed by atoms with E-state index < -0.39 is 0 Å². The van der Waals surface area contributed by atoms with Crippen LogP contribution in [-0.4, -0.2) is 11.0 Å². The number of phenolic OH excluding ortho intramolecular Hbond substituents is 1. The second-order valence-corrected chi connectivity index (χ2v) is 6.17. The first-order valence-electron chi connectivity index (χ1n) is 5.22. The van der Waals surface area contributed by atoms with Crippen LogP contribution in [0.1, 0.15) is 10.4 Å². The van der Waals surface area contributed by atoms with Crippen LogP contribution >= 0.6 is 50.1 Å². The number of anilines is 1. The zero-order chi connectivity index (χ0) is 14.0. The summed E-state index contributed by atoms with van der Waals surface area (Å²) in [5.41, 5.74) is 0.980. The molecular weight excluding hydrogens is 444 g/mol. The molecule has 0 aromatic heterocycles. The third-order valence-electron chi connectivity index (χ3n) is 2.39. The van der Waals surface area contributed by atoms with Crippen molar-refractivity contribution in [1.29, 1.82) is 0 Å². The fourth-order valence-corrected chi connectivity index (χ4v) is 2.19. The van der Waals surface area contributed by atoms with Crippen LogP contribution in [0.5, 0.6) is 5.75 Å². The maximum atomic E-state index is 12.0. The quantitative estimate of drug-likeness (QED) is 0.651. The minimum Gasteiger partial charge on any atom is -0.507 e. The van der Waals surface area contributed by atoms with Gasteiger partial charge in [-0.2, -0.15) is 0 Å².